The number of thiazole rings is 1. The Labute approximate surface area is 214 Å². The van der Waals surface area contributed by atoms with Crippen molar-refractivity contribution in [2.24, 2.45) is 5.16 Å². The van der Waals surface area contributed by atoms with E-state index in [4.69, 9.17) is 15.1 Å². The molecule has 198 valence electrons. The number of carbonyl (C=O) groups excluding carboxylic acids is 4. The van der Waals surface area contributed by atoms with Crippen LogP contribution >= 0.6 is 11.3 Å². The molecule has 1 fully saturated rings. The van der Waals surface area contributed by atoms with E-state index >= 15 is 0 Å². The number of anilines is 1. The number of hydrazine groups is 1. The summed E-state index contributed by atoms with van der Waals surface area (Å²) < 4.78 is 31.9. The first-order valence-electron chi connectivity index (χ1n) is 10.3. The first kappa shape index (κ1) is 27.4. The van der Waals surface area contributed by atoms with Crippen molar-refractivity contribution in [1.29, 1.82) is 0 Å². The Hall–Kier alpha value is -4.16. The van der Waals surface area contributed by atoms with Crippen LogP contribution in [-0.2, 0) is 29.5 Å². The third-order valence-corrected chi connectivity index (χ3v) is 6.66. The second-order valence-corrected chi connectivity index (χ2v) is 10.2. The monoisotopic (exact) mass is 554 g/mol. The van der Waals surface area contributed by atoms with E-state index in [2.05, 4.69) is 31.3 Å². The van der Waals surface area contributed by atoms with Gasteiger partial charge in [-0.05, 0) is 32.9 Å². The fourth-order valence-electron chi connectivity index (χ4n) is 2.95. The van der Waals surface area contributed by atoms with Crippen molar-refractivity contribution in [1.82, 2.24) is 30.4 Å². The number of nitrogens with one attached hydrogen (secondary N) is 3. The lowest BCUT2D eigenvalue weighted by molar-refractivity contribution is -0.144. The summed E-state index contributed by atoms with van der Waals surface area (Å²) in [6.07, 6.45) is 2.76. The van der Waals surface area contributed by atoms with Gasteiger partial charge in [-0.2, -0.15) is 8.42 Å². The highest BCUT2D eigenvalue weighted by Crippen LogP contribution is 2.23. The predicted octanol–water partition coefficient (Wildman–Crippen LogP) is -1.40. The molecule has 4 amide bonds. The summed E-state index contributed by atoms with van der Waals surface area (Å²) in [5, 5.41) is 7.47. The van der Waals surface area contributed by atoms with Gasteiger partial charge in [-0.15, -0.1) is 11.3 Å². The number of hydrogen-bond donors (Lipinski definition) is 5. The molecule has 2 aromatic rings. The van der Waals surface area contributed by atoms with Crippen molar-refractivity contribution in [2.45, 2.75) is 38.5 Å². The van der Waals surface area contributed by atoms with E-state index in [0.717, 1.165) is 11.3 Å². The highest BCUT2D eigenvalue weighted by atomic mass is 32.2. The second kappa shape index (κ2) is 10.4. The van der Waals surface area contributed by atoms with E-state index in [-0.39, 0.29) is 20.7 Å². The average Bonchev–Trinajstić information content (AvgIpc) is 3.26. The molecule has 0 unspecified atom stereocenters. The molecule has 0 saturated carbocycles. The van der Waals surface area contributed by atoms with E-state index in [9.17, 15) is 27.6 Å². The van der Waals surface area contributed by atoms with Gasteiger partial charge in [0, 0.05) is 17.8 Å². The third-order valence-electron chi connectivity index (χ3n) is 4.98. The molecule has 0 radical (unpaired) electrons. The lowest BCUT2D eigenvalue weighted by Crippen LogP contribution is -2.71. The average molecular weight is 555 g/mol. The van der Waals surface area contributed by atoms with Crippen LogP contribution in [0.25, 0.3) is 0 Å². The zero-order chi connectivity index (χ0) is 27.5. The summed E-state index contributed by atoms with van der Waals surface area (Å²) in [6, 6.07) is 0.636. The van der Waals surface area contributed by atoms with Gasteiger partial charge in [0.05, 0.1) is 11.6 Å². The first-order valence-corrected chi connectivity index (χ1v) is 12.6. The molecule has 2 atom stereocenters. The number of aromatic nitrogens is 2. The molecule has 37 heavy (non-hydrogen) atoms. The second-order valence-electron chi connectivity index (χ2n) is 8.07. The van der Waals surface area contributed by atoms with Crippen LogP contribution < -0.4 is 21.9 Å². The van der Waals surface area contributed by atoms with Crippen molar-refractivity contribution < 1.29 is 37.0 Å². The van der Waals surface area contributed by atoms with Gasteiger partial charge in [0.25, 0.3) is 23.6 Å². The van der Waals surface area contributed by atoms with Gasteiger partial charge in [0.1, 0.15) is 11.7 Å². The normalized spacial score (nSPS) is 18.0. The smallest absolute Gasteiger partial charge is 0.362 e. The van der Waals surface area contributed by atoms with E-state index in [1.54, 1.807) is 0 Å². The van der Waals surface area contributed by atoms with Crippen LogP contribution in [0.5, 0.6) is 0 Å². The Balaban J connectivity index is 1.72. The third kappa shape index (κ3) is 6.16. The lowest BCUT2D eigenvalue weighted by atomic mass is 10.0. The minimum atomic E-state index is -4.80. The van der Waals surface area contributed by atoms with E-state index in [1.807, 2.05) is 0 Å². The van der Waals surface area contributed by atoms with Crippen LogP contribution in [0.2, 0.25) is 0 Å². The van der Waals surface area contributed by atoms with Crippen molar-refractivity contribution in [3.05, 3.63) is 41.2 Å². The van der Waals surface area contributed by atoms with Gasteiger partial charge in [0.2, 0.25) is 5.60 Å². The Kier molecular flexibility index (Phi) is 7.74. The number of nitrogens with two attached hydrogens (primary N) is 1. The number of β-lactam (4-membered cyclic amide) rings is 1. The number of pyridine rings is 1. The van der Waals surface area contributed by atoms with Crippen LogP contribution in [0.3, 0.4) is 0 Å². The van der Waals surface area contributed by atoms with Crippen LogP contribution in [0, 0.1) is 0 Å². The van der Waals surface area contributed by atoms with Crippen molar-refractivity contribution in [3.63, 3.8) is 0 Å². The summed E-state index contributed by atoms with van der Waals surface area (Å²) in [6.45, 7) is 3.89. The SMILES string of the molecule is C[C@H]1[C@H](NC(=O)/C(=N\OC(C)(C)C(=O)NNC(=O)c2cccnc2)c2csc(N)n2)C(=O)N1S(=O)(=O)O. The number of nitrogens with zero attached hydrogens (tertiary/aromatic N) is 4. The molecular formula is C19H22N8O8S2. The highest BCUT2D eigenvalue weighted by molar-refractivity contribution is 7.84. The molecule has 1 aliphatic rings. The maximum atomic E-state index is 12.9. The molecule has 3 rings (SSSR count). The number of amides is 4. The maximum Gasteiger partial charge on any atom is 0.362 e. The zero-order valence-corrected chi connectivity index (χ0v) is 21.2. The number of oxime groups is 1. The van der Waals surface area contributed by atoms with Crippen LogP contribution in [0.1, 0.15) is 36.8 Å². The summed E-state index contributed by atoms with van der Waals surface area (Å²) in [7, 11) is -4.80. The number of hydrogen-bond acceptors (Lipinski definition) is 12. The quantitative estimate of drug-likeness (QED) is 0.110. The van der Waals surface area contributed by atoms with Gasteiger partial charge in [-0.1, -0.05) is 5.16 Å². The molecule has 16 nitrogen and oxygen atoms in total. The Morgan fingerprint density at radius 2 is 2.00 bits per heavy atom. The predicted molar refractivity (Wildman–Crippen MR) is 128 cm³/mol. The minimum absolute atomic E-state index is 0.0489. The molecule has 3 heterocycles. The molecule has 0 bridgehead atoms. The van der Waals surface area contributed by atoms with Gasteiger partial charge in [-0.3, -0.25) is 39.6 Å². The van der Waals surface area contributed by atoms with Crippen molar-refractivity contribution in [2.75, 3.05) is 5.73 Å². The maximum absolute atomic E-state index is 12.9. The van der Waals surface area contributed by atoms with Crippen molar-refractivity contribution in [3.8, 4) is 0 Å². The Morgan fingerprint density at radius 1 is 1.30 bits per heavy atom. The molecule has 6 N–H and O–H groups in total. The zero-order valence-electron chi connectivity index (χ0n) is 19.5. The van der Waals surface area contributed by atoms with E-state index in [1.165, 1.54) is 50.7 Å². The topological polar surface area (TPSA) is 235 Å². The molecule has 0 spiro atoms. The Morgan fingerprint density at radius 3 is 2.54 bits per heavy atom. The fourth-order valence-corrected chi connectivity index (χ4v) is 4.38. The molecule has 0 aliphatic carbocycles. The number of rotatable bonds is 8. The fraction of sp³-hybridized carbons (Fsp3) is 0.316. The Bertz CT molecular complexity index is 1360. The first-order chi connectivity index (χ1) is 17.2. The standard InChI is InChI=1S/C19H22N8O8S2/c1-9-12(16(30)27(9)37(32,33)34)23-15(29)13(11-8-36-18(20)22-11)26-35-19(2,3)17(31)25-24-14(28)10-5-4-6-21-7-10/h4-9,12H,1-3H3,(H2,20,22)(H,23,29)(H,24,28)(H,25,31)(H,32,33,34)/b26-13-/t9-,12-/m0/s1. The minimum Gasteiger partial charge on any atom is -0.379 e. The number of carbonyl (C=O) groups is 4. The summed E-state index contributed by atoms with van der Waals surface area (Å²) in [4.78, 5) is 62.7. The van der Waals surface area contributed by atoms with Gasteiger partial charge in [0.15, 0.2) is 10.8 Å². The number of nitrogen functional groups attached to an aromatic ring is 1. The van der Waals surface area contributed by atoms with Crippen LogP contribution in [0.4, 0.5) is 5.13 Å². The van der Waals surface area contributed by atoms with Gasteiger partial charge in [-0.25, -0.2) is 9.29 Å². The molecule has 2 aromatic heterocycles. The summed E-state index contributed by atoms with van der Waals surface area (Å²) >= 11 is 0.973. The van der Waals surface area contributed by atoms with Gasteiger partial charge < -0.3 is 15.9 Å². The molecule has 1 aliphatic heterocycles. The van der Waals surface area contributed by atoms with Crippen LogP contribution in [-0.4, -0.2) is 74.3 Å². The highest BCUT2D eigenvalue weighted by Gasteiger charge is 2.51. The molecule has 18 heteroatoms. The van der Waals surface area contributed by atoms with E-state index < -0.39 is 57.3 Å². The summed E-state index contributed by atoms with van der Waals surface area (Å²) in [5.41, 5.74) is 7.93. The lowest BCUT2D eigenvalue weighted by Gasteiger charge is -2.42. The van der Waals surface area contributed by atoms with Gasteiger partial charge >= 0.3 is 10.3 Å². The molecule has 1 saturated heterocycles. The van der Waals surface area contributed by atoms with Crippen LogP contribution in [0.15, 0.2) is 35.1 Å². The van der Waals surface area contributed by atoms with E-state index in [0.29, 0.717) is 0 Å². The largest absolute Gasteiger partial charge is 0.379 e. The summed E-state index contributed by atoms with van der Waals surface area (Å²) in [5.74, 6) is -3.54. The van der Waals surface area contributed by atoms with Crippen molar-refractivity contribution >= 4 is 56.1 Å². The molecule has 0 aromatic carbocycles. The molecular weight excluding hydrogens is 532 g/mol.